The van der Waals surface area contributed by atoms with Crippen LogP contribution in [0.15, 0.2) is 42.5 Å². The number of nitrogens with one attached hydrogen (secondary N) is 1. The zero-order chi connectivity index (χ0) is 23.4. The van der Waals surface area contributed by atoms with E-state index in [0.29, 0.717) is 11.3 Å². The molecule has 0 aromatic heterocycles. The van der Waals surface area contributed by atoms with E-state index >= 15 is 0 Å². The highest BCUT2D eigenvalue weighted by molar-refractivity contribution is 5.98. The second kappa shape index (κ2) is 9.38. The highest BCUT2D eigenvalue weighted by atomic mass is 16.6. The molecule has 2 aromatic rings. The number of hydrogen-bond donors (Lipinski definition) is 2. The summed E-state index contributed by atoms with van der Waals surface area (Å²) in [5, 5.41) is 7.56. The Morgan fingerprint density at radius 1 is 1.25 bits per heavy atom. The van der Waals surface area contributed by atoms with E-state index in [2.05, 4.69) is 0 Å². The molecule has 1 unspecified atom stereocenters. The maximum atomic E-state index is 12.5. The number of benzene rings is 2. The van der Waals surface area contributed by atoms with Crippen molar-refractivity contribution in [1.29, 1.82) is 5.41 Å². The van der Waals surface area contributed by atoms with Crippen molar-refractivity contribution in [2.24, 2.45) is 5.73 Å². The van der Waals surface area contributed by atoms with Crippen molar-refractivity contribution in [2.45, 2.75) is 13.0 Å². The first kappa shape index (κ1) is 22.6. The van der Waals surface area contributed by atoms with Crippen LogP contribution in [0, 0.1) is 5.41 Å². The molecule has 0 radical (unpaired) electrons. The summed E-state index contributed by atoms with van der Waals surface area (Å²) in [5.41, 5.74) is 6.73. The fourth-order valence-corrected chi connectivity index (χ4v) is 3.13. The first-order valence-corrected chi connectivity index (χ1v) is 9.76. The van der Waals surface area contributed by atoms with E-state index in [1.807, 2.05) is 0 Å². The number of cyclic esters (lactones) is 1. The fourth-order valence-electron chi connectivity index (χ4n) is 3.13. The molecule has 1 aliphatic rings. The van der Waals surface area contributed by atoms with Crippen LogP contribution in [-0.4, -0.2) is 62.1 Å². The molecule has 0 aliphatic carbocycles. The van der Waals surface area contributed by atoms with Gasteiger partial charge in [-0.3, -0.25) is 19.9 Å². The van der Waals surface area contributed by atoms with Crippen molar-refractivity contribution in [1.82, 2.24) is 4.90 Å². The number of nitrogens with two attached hydrogens (primary N) is 1. The lowest BCUT2D eigenvalue weighted by Gasteiger charge is -2.18. The Balaban J connectivity index is 1.76. The third-order valence-electron chi connectivity index (χ3n) is 4.63. The number of anilines is 1. The van der Waals surface area contributed by atoms with Crippen LogP contribution in [0.1, 0.15) is 22.8 Å². The van der Waals surface area contributed by atoms with E-state index in [-0.39, 0.29) is 42.0 Å². The Bertz CT molecular complexity index is 1070. The van der Waals surface area contributed by atoms with Crippen LogP contribution in [-0.2, 0) is 9.53 Å². The molecule has 0 saturated carbocycles. The molecule has 32 heavy (non-hydrogen) atoms. The van der Waals surface area contributed by atoms with E-state index in [0.717, 1.165) is 0 Å². The predicted molar refractivity (Wildman–Crippen MR) is 116 cm³/mol. The zero-order valence-corrected chi connectivity index (χ0v) is 18.0. The zero-order valence-electron chi connectivity index (χ0n) is 18.0. The minimum Gasteiger partial charge on any atom is -0.486 e. The summed E-state index contributed by atoms with van der Waals surface area (Å²) >= 11 is 0. The van der Waals surface area contributed by atoms with Gasteiger partial charge in [0.15, 0.2) is 17.6 Å². The number of carbonyl (C=O) groups is 3. The van der Waals surface area contributed by atoms with Crippen LogP contribution in [0.25, 0.3) is 0 Å². The highest BCUT2D eigenvalue weighted by Crippen LogP contribution is 2.33. The third kappa shape index (κ3) is 4.97. The molecule has 3 N–H and O–H groups in total. The van der Waals surface area contributed by atoms with Gasteiger partial charge in [-0.2, -0.15) is 0 Å². The first-order chi connectivity index (χ1) is 15.2. The molecule has 10 heteroatoms. The Kier molecular flexibility index (Phi) is 6.62. The van der Waals surface area contributed by atoms with Crippen LogP contribution >= 0.6 is 0 Å². The highest BCUT2D eigenvalue weighted by Gasteiger charge is 2.33. The predicted octanol–water partition coefficient (Wildman–Crippen LogP) is 2.00. The summed E-state index contributed by atoms with van der Waals surface area (Å²) in [6, 6.07) is 11.4. The van der Waals surface area contributed by atoms with Crippen LogP contribution < -0.4 is 20.1 Å². The molecule has 0 spiro atoms. The van der Waals surface area contributed by atoms with Crippen LogP contribution in [0.5, 0.6) is 11.5 Å². The quantitative estimate of drug-likeness (QED) is 0.291. The molecule has 0 bridgehead atoms. The maximum absolute atomic E-state index is 12.5. The molecule has 1 atom stereocenters. The summed E-state index contributed by atoms with van der Waals surface area (Å²) in [6.45, 7) is 1.41. The molecule has 2 amide bonds. The van der Waals surface area contributed by atoms with Crippen molar-refractivity contribution in [3.63, 3.8) is 0 Å². The molecule has 3 rings (SSSR count). The van der Waals surface area contributed by atoms with Gasteiger partial charge in [0.05, 0.1) is 12.1 Å². The molecule has 2 aromatic carbocycles. The van der Waals surface area contributed by atoms with Gasteiger partial charge in [-0.05, 0) is 24.3 Å². The van der Waals surface area contributed by atoms with E-state index in [4.69, 9.17) is 25.4 Å². The molecule has 168 valence electrons. The average Bonchev–Trinajstić information content (AvgIpc) is 3.12. The minimum atomic E-state index is -0.609. The Morgan fingerprint density at radius 2 is 1.97 bits per heavy atom. The summed E-state index contributed by atoms with van der Waals surface area (Å²) in [6.07, 6.45) is -1.17. The number of nitrogens with zero attached hydrogens (tertiary/aromatic N) is 2. The third-order valence-corrected chi connectivity index (χ3v) is 4.63. The van der Waals surface area contributed by atoms with Gasteiger partial charge in [0.25, 0.3) is 5.91 Å². The normalized spacial score (nSPS) is 15.2. The monoisotopic (exact) mass is 440 g/mol. The minimum absolute atomic E-state index is 0.00837. The lowest BCUT2D eigenvalue weighted by Crippen LogP contribution is -2.27. The topological polar surface area (TPSA) is 135 Å². The smallest absolute Gasteiger partial charge is 0.414 e. The number of amides is 2. The van der Waals surface area contributed by atoms with Crippen molar-refractivity contribution in [2.75, 3.05) is 32.1 Å². The molecule has 1 fully saturated rings. The van der Waals surface area contributed by atoms with Gasteiger partial charge < -0.3 is 24.8 Å². The number of amidine groups is 1. The van der Waals surface area contributed by atoms with Crippen LogP contribution in [0.2, 0.25) is 0 Å². The second-order valence-electron chi connectivity index (χ2n) is 7.32. The van der Waals surface area contributed by atoms with Crippen molar-refractivity contribution < 1.29 is 28.6 Å². The number of esters is 1. The molecule has 1 saturated heterocycles. The number of rotatable bonds is 7. The van der Waals surface area contributed by atoms with E-state index in [1.165, 1.54) is 22.8 Å². The SMILES string of the molecule is CC(=O)Oc1c(OCC2CN(c3cccc(C(=N)N)c3)C(=O)O2)cccc1C(=O)N(C)C. The van der Waals surface area contributed by atoms with Gasteiger partial charge in [0.2, 0.25) is 0 Å². The number of carbonyl (C=O) groups excluding carboxylic acids is 3. The van der Waals surface area contributed by atoms with Gasteiger partial charge in [-0.1, -0.05) is 18.2 Å². The Labute approximate surface area is 185 Å². The first-order valence-electron chi connectivity index (χ1n) is 9.76. The number of ether oxygens (including phenoxy) is 3. The number of nitrogen functional groups attached to an aromatic ring is 1. The number of hydrogen-bond acceptors (Lipinski definition) is 7. The van der Waals surface area contributed by atoms with Gasteiger partial charge in [0, 0.05) is 32.3 Å². The largest absolute Gasteiger partial charge is 0.486 e. The lowest BCUT2D eigenvalue weighted by atomic mass is 10.1. The van der Waals surface area contributed by atoms with Crippen LogP contribution in [0.4, 0.5) is 10.5 Å². The maximum Gasteiger partial charge on any atom is 0.414 e. The van der Waals surface area contributed by atoms with Gasteiger partial charge >= 0.3 is 12.1 Å². The summed E-state index contributed by atoms with van der Waals surface area (Å²) < 4.78 is 16.4. The van der Waals surface area contributed by atoms with E-state index in [9.17, 15) is 14.4 Å². The summed E-state index contributed by atoms with van der Waals surface area (Å²) in [4.78, 5) is 39.2. The molecule has 1 aliphatic heterocycles. The average molecular weight is 440 g/mol. The Hall–Kier alpha value is -4.08. The van der Waals surface area contributed by atoms with Crippen molar-refractivity contribution in [3.05, 3.63) is 53.6 Å². The van der Waals surface area contributed by atoms with E-state index in [1.54, 1.807) is 50.5 Å². The van der Waals surface area contributed by atoms with Gasteiger partial charge in [0.1, 0.15) is 12.4 Å². The van der Waals surface area contributed by atoms with E-state index < -0.39 is 18.2 Å². The standard InChI is InChI=1S/C22H24N4O6/c1-13(27)31-19-17(21(28)25(2)3)8-5-9-18(19)30-12-16-11-26(22(29)32-16)15-7-4-6-14(10-15)20(23)24/h4-10,16H,11-12H2,1-3H3,(H3,23,24). The van der Waals surface area contributed by atoms with Gasteiger partial charge in [-0.15, -0.1) is 0 Å². The van der Waals surface area contributed by atoms with Gasteiger partial charge in [-0.25, -0.2) is 4.79 Å². The Morgan fingerprint density at radius 3 is 2.62 bits per heavy atom. The number of para-hydroxylation sites is 1. The summed E-state index contributed by atoms with van der Waals surface area (Å²) in [7, 11) is 3.17. The lowest BCUT2D eigenvalue weighted by molar-refractivity contribution is -0.132. The summed E-state index contributed by atoms with van der Waals surface area (Å²) in [5.74, 6) is -0.868. The molecular formula is C22H24N4O6. The second-order valence-corrected chi connectivity index (χ2v) is 7.32. The molecular weight excluding hydrogens is 416 g/mol. The van der Waals surface area contributed by atoms with Crippen molar-refractivity contribution in [3.8, 4) is 11.5 Å². The fraction of sp³-hybridized carbons (Fsp3) is 0.273. The molecule has 1 heterocycles. The van der Waals surface area contributed by atoms with Crippen molar-refractivity contribution >= 4 is 29.5 Å². The molecule has 10 nitrogen and oxygen atoms in total. The van der Waals surface area contributed by atoms with Crippen LogP contribution in [0.3, 0.4) is 0 Å².